The SMILES string of the molecule is Cc1cn(N=Cc2cc(CCl)c3c(c2)COCO3)c(N)n1. The van der Waals surface area contributed by atoms with E-state index in [0.717, 1.165) is 28.1 Å². The summed E-state index contributed by atoms with van der Waals surface area (Å²) in [5.41, 5.74) is 9.37. The van der Waals surface area contributed by atoms with Crippen molar-refractivity contribution in [2.75, 3.05) is 12.5 Å². The van der Waals surface area contributed by atoms with E-state index in [2.05, 4.69) is 10.1 Å². The monoisotopic (exact) mass is 306 g/mol. The van der Waals surface area contributed by atoms with Crippen LogP contribution in [0.2, 0.25) is 0 Å². The smallest absolute Gasteiger partial charge is 0.221 e. The van der Waals surface area contributed by atoms with E-state index in [1.165, 1.54) is 4.68 Å². The maximum Gasteiger partial charge on any atom is 0.221 e. The van der Waals surface area contributed by atoms with Crippen LogP contribution in [0.5, 0.6) is 5.75 Å². The Kier molecular flexibility index (Phi) is 3.81. The first-order chi connectivity index (χ1) is 10.2. The van der Waals surface area contributed by atoms with Gasteiger partial charge in [-0.05, 0) is 24.6 Å². The number of nitrogens with zero attached hydrogens (tertiary/aromatic N) is 3. The Morgan fingerprint density at radius 3 is 3.10 bits per heavy atom. The molecular weight excluding hydrogens is 292 g/mol. The quantitative estimate of drug-likeness (QED) is 0.697. The van der Waals surface area contributed by atoms with E-state index in [0.29, 0.717) is 18.4 Å². The van der Waals surface area contributed by atoms with Gasteiger partial charge >= 0.3 is 0 Å². The number of fused-ring (bicyclic) bond motifs is 1. The maximum atomic E-state index is 5.98. The fraction of sp³-hybridized carbons (Fsp3) is 0.286. The van der Waals surface area contributed by atoms with Crippen LogP contribution in [0.1, 0.15) is 22.4 Å². The Morgan fingerprint density at radius 2 is 2.38 bits per heavy atom. The van der Waals surface area contributed by atoms with E-state index in [9.17, 15) is 0 Å². The van der Waals surface area contributed by atoms with Gasteiger partial charge < -0.3 is 15.2 Å². The van der Waals surface area contributed by atoms with E-state index in [1.807, 2.05) is 19.1 Å². The van der Waals surface area contributed by atoms with E-state index in [1.54, 1.807) is 12.4 Å². The van der Waals surface area contributed by atoms with Gasteiger partial charge in [0.2, 0.25) is 5.95 Å². The van der Waals surface area contributed by atoms with Gasteiger partial charge in [0, 0.05) is 11.1 Å². The molecule has 110 valence electrons. The number of hydrogen-bond donors (Lipinski definition) is 1. The average molecular weight is 307 g/mol. The van der Waals surface area contributed by atoms with Crippen molar-refractivity contribution in [2.24, 2.45) is 5.10 Å². The van der Waals surface area contributed by atoms with Gasteiger partial charge in [-0.15, -0.1) is 11.6 Å². The molecule has 1 aromatic carbocycles. The first kappa shape index (κ1) is 13.9. The van der Waals surface area contributed by atoms with E-state index >= 15 is 0 Å². The number of anilines is 1. The Labute approximate surface area is 127 Å². The largest absolute Gasteiger partial charge is 0.467 e. The topological polar surface area (TPSA) is 74.7 Å². The highest BCUT2D eigenvalue weighted by atomic mass is 35.5. The lowest BCUT2D eigenvalue weighted by Gasteiger charge is -2.20. The number of benzene rings is 1. The molecule has 0 saturated heterocycles. The molecular formula is C14H15ClN4O2. The average Bonchev–Trinajstić information content (AvgIpc) is 2.82. The molecule has 0 bridgehead atoms. The van der Waals surface area contributed by atoms with Gasteiger partial charge in [0.05, 0.1) is 30.6 Å². The molecule has 0 atom stereocenters. The Hall–Kier alpha value is -2.05. The van der Waals surface area contributed by atoms with E-state index in [-0.39, 0.29) is 6.79 Å². The number of alkyl halides is 1. The number of hydrogen-bond acceptors (Lipinski definition) is 5. The van der Waals surface area contributed by atoms with Crippen LogP contribution in [0.3, 0.4) is 0 Å². The third kappa shape index (κ3) is 2.86. The van der Waals surface area contributed by atoms with Gasteiger partial charge in [0.25, 0.3) is 0 Å². The molecule has 7 heteroatoms. The minimum Gasteiger partial charge on any atom is -0.467 e. The molecule has 2 heterocycles. The lowest BCUT2D eigenvalue weighted by molar-refractivity contribution is -0.0169. The summed E-state index contributed by atoms with van der Waals surface area (Å²) in [6, 6.07) is 3.91. The summed E-state index contributed by atoms with van der Waals surface area (Å²) >= 11 is 5.98. The second kappa shape index (κ2) is 5.75. The van der Waals surface area contributed by atoms with Crippen molar-refractivity contribution in [3.63, 3.8) is 0 Å². The third-order valence-corrected chi connectivity index (χ3v) is 3.41. The Balaban J connectivity index is 1.93. The number of aryl methyl sites for hydroxylation is 1. The summed E-state index contributed by atoms with van der Waals surface area (Å²) in [6.45, 7) is 2.63. The molecule has 6 nitrogen and oxygen atoms in total. The molecule has 0 fully saturated rings. The number of imidazole rings is 1. The highest BCUT2D eigenvalue weighted by Gasteiger charge is 2.15. The molecule has 1 aliphatic rings. The molecule has 0 unspecified atom stereocenters. The van der Waals surface area contributed by atoms with Gasteiger partial charge in [0.15, 0.2) is 6.79 Å². The zero-order chi connectivity index (χ0) is 14.8. The molecule has 0 amide bonds. The summed E-state index contributed by atoms with van der Waals surface area (Å²) in [5.74, 6) is 1.54. The number of nitrogens with two attached hydrogens (primary N) is 1. The Bertz CT molecular complexity index is 679. The van der Waals surface area contributed by atoms with Crippen molar-refractivity contribution in [1.82, 2.24) is 9.66 Å². The first-order valence-electron chi connectivity index (χ1n) is 6.45. The Morgan fingerprint density at radius 1 is 1.52 bits per heavy atom. The van der Waals surface area contributed by atoms with Crippen molar-refractivity contribution in [3.05, 3.63) is 40.7 Å². The molecule has 0 saturated carbocycles. The lowest BCUT2D eigenvalue weighted by atomic mass is 10.1. The molecule has 21 heavy (non-hydrogen) atoms. The van der Waals surface area contributed by atoms with Gasteiger partial charge in [-0.2, -0.15) is 5.10 Å². The molecule has 0 spiro atoms. The fourth-order valence-corrected chi connectivity index (χ4v) is 2.42. The van der Waals surface area contributed by atoms with Crippen molar-refractivity contribution in [2.45, 2.75) is 19.4 Å². The van der Waals surface area contributed by atoms with Gasteiger partial charge in [0.1, 0.15) is 5.75 Å². The lowest BCUT2D eigenvalue weighted by Crippen LogP contribution is -2.13. The van der Waals surface area contributed by atoms with E-state index < -0.39 is 0 Å². The molecule has 3 rings (SSSR count). The molecule has 1 aliphatic heterocycles. The molecule has 0 aliphatic carbocycles. The van der Waals surface area contributed by atoms with Crippen LogP contribution >= 0.6 is 11.6 Å². The predicted molar refractivity (Wildman–Crippen MR) is 80.7 cm³/mol. The molecule has 2 aromatic rings. The predicted octanol–water partition coefficient (Wildman–Crippen LogP) is 2.26. The third-order valence-electron chi connectivity index (χ3n) is 3.12. The van der Waals surface area contributed by atoms with Crippen LogP contribution in [-0.4, -0.2) is 22.7 Å². The van der Waals surface area contributed by atoms with Crippen molar-refractivity contribution >= 4 is 23.8 Å². The van der Waals surface area contributed by atoms with Crippen molar-refractivity contribution in [1.29, 1.82) is 0 Å². The van der Waals surface area contributed by atoms with Crippen molar-refractivity contribution in [3.8, 4) is 5.75 Å². The summed E-state index contributed by atoms with van der Waals surface area (Å²) in [6.07, 6.45) is 3.47. The van der Waals surface area contributed by atoms with E-state index in [4.69, 9.17) is 26.8 Å². The number of rotatable bonds is 3. The van der Waals surface area contributed by atoms with Crippen molar-refractivity contribution < 1.29 is 9.47 Å². The summed E-state index contributed by atoms with van der Waals surface area (Å²) < 4.78 is 12.3. The highest BCUT2D eigenvalue weighted by molar-refractivity contribution is 6.17. The zero-order valence-corrected chi connectivity index (χ0v) is 12.3. The van der Waals surface area contributed by atoms with Gasteiger partial charge in [-0.25, -0.2) is 9.66 Å². The summed E-state index contributed by atoms with van der Waals surface area (Å²) in [5, 5.41) is 4.30. The van der Waals surface area contributed by atoms with Crippen LogP contribution in [0.4, 0.5) is 5.95 Å². The number of nitrogen functional groups attached to an aromatic ring is 1. The summed E-state index contributed by atoms with van der Waals surface area (Å²) in [7, 11) is 0. The number of halogens is 1. The van der Waals surface area contributed by atoms with Crippen LogP contribution < -0.4 is 10.5 Å². The van der Waals surface area contributed by atoms with Crippen LogP contribution in [0.25, 0.3) is 0 Å². The summed E-state index contributed by atoms with van der Waals surface area (Å²) in [4.78, 5) is 4.09. The fourth-order valence-electron chi connectivity index (χ4n) is 2.23. The van der Waals surface area contributed by atoms with Gasteiger partial charge in [-0.1, -0.05) is 0 Å². The first-order valence-corrected chi connectivity index (χ1v) is 6.99. The molecule has 2 N–H and O–H groups in total. The molecule has 1 aromatic heterocycles. The zero-order valence-electron chi connectivity index (χ0n) is 11.5. The highest BCUT2D eigenvalue weighted by Crippen LogP contribution is 2.30. The second-order valence-corrected chi connectivity index (χ2v) is 5.01. The number of ether oxygens (including phenoxy) is 2. The number of aromatic nitrogens is 2. The van der Waals surface area contributed by atoms with Crippen LogP contribution in [-0.2, 0) is 17.2 Å². The minimum absolute atomic E-state index is 0.259. The van der Waals surface area contributed by atoms with Gasteiger partial charge in [-0.3, -0.25) is 0 Å². The standard InChI is InChI=1S/C14H15ClN4O2/c1-9-6-19(14(16)18-9)17-5-10-2-11(4-15)13-12(3-10)7-20-8-21-13/h2-3,5-6H,4,7-8H2,1H3,(H2,16,18). The second-order valence-electron chi connectivity index (χ2n) is 4.74. The van der Waals surface area contributed by atoms with Crippen LogP contribution in [0.15, 0.2) is 23.4 Å². The van der Waals surface area contributed by atoms with Crippen LogP contribution in [0, 0.1) is 6.92 Å². The molecule has 0 radical (unpaired) electrons. The maximum absolute atomic E-state index is 5.98. The normalized spacial score (nSPS) is 14.2. The minimum atomic E-state index is 0.259.